The highest BCUT2D eigenvalue weighted by Gasteiger charge is 2.04. The third-order valence-corrected chi connectivity index (χ3v) is 3.39. The molecule has 0 saturated carbocycles. The summed E-state index contributed by atoms with van der Waals surface area (Å²) < 4.78 is 2.04. The first-order valence-corrected chi connectivity index (χ1v) is 5.77. The lowest BCUT2D eigenvalue weighted by molar-refractivity contribution is 0.940. The van der Waals surface area contributed by atoms with Crippen LogP contribution < -0.4 is 0 Å². The fraction of sp³-hybridized carbons (Fsp3) is 0.0769. The molecular formula is C13H9N3S. The number of allylic oxidation sites excluding steroid dienone is 1. The second-order valence-corrected chi connectivity index (χ2v) is 4.57. The first kappa shape index (κ1) is 11.2. The summed E-state index contributed by atoms with van der Waals surface area (Å²) >= 11 is 1.57. The molecule has 0 N–H and O–H groups in total. The molecule has 2 heterocycles. The van der Waals surface area contributed by atoms with E-state index in [1.165, 1.54) is 0 Å². The Labute approximate surface area is 104 Å². The molecule has 2 aromatic rings. The predicted octanol–water partition coefficient (Wildman–Crippen LogP) is 3.54. The van der Waals surface area contributed by atoms with Crippen LogP contribution in [0.2, 0.25) is 0 Å². The van der Waals surface area contributed by atoms with Gasteiger partial charge >= 0.3 is 0 Å². The van der Waals surface area contributed by atoms with Gasteiger partial charge in [-0.25, -0.2) is 10.1 Å². The number of nitriles is 1. The second-order valence-electron chi connectivity index (χ2n) is 3.46. The maximum atomic E-state index is 8.69. The first-order valence-electron chi connectivity index (χ1n) is 4.95. The summed E-state index contributed by atoms with van der Waals surface area (Å²) in [4.78, 5) is 5.20. The van der Waals surface area contributed by atoms with Gasteiger partial charge in [-0.3, -0.25) is 0 Å². The number of hydrogen-bond acceptors (Lipinski definition) is 2. The van der Waals surface area contributed by atoms with Crippen molar-refractivity contribution in [2.45, 2.75) is 0 Å². The molecule has 0 spiro atoms. The van der Waals surface area contributed by atoms with Gasteiger partial charge in [0.15, 0.2) is 0 Å². The number of aromatic nitrogens is 1. The van der Waals surface area contributed by atoms with Crippen LogP contribution in [-0.2, 0) is 7.05 Å². The Hall–Kier alpha value is -2.30. The average molecular weight is 239 g/mol. The smallest absolute Gasteiger partial charge is 0.263 e. The lowest BCUT2D eigenvalue weighted by atomic mass is 10.3. The molecule has 2 aromatic heterocycles. The second kappa shape index (κ2) is 4.69. The molecule has 0 aromatic carbocycles. The number of thiophene rings is 1. The molecule has 0 amide bonds. The van der Waals surface area contributed by atoms with Crippen LogP contribution in [-0.4, -0.2) is 4.57 Å². The number of rotatable bonds is 2. The Morgan fingerprint density at radius 2 is 2.35 bits per heavy atom. The highest BCUT2D eigenvalue weighted by Crippen LogP contribution is 2.29. The third kappa shape index (κ3) is 2.28. The number of nitrogens with zero attached hydrogens (tertiary/aromatic N) is 3. The first-order chi connectivity index (χ1) is 8.24. The van der Waals surface area contributed by atoms with Gasteiger partial charge in [-0.1, -0.05) is 0 Å². The zero-order valence-corrected chi connectivity index (χ0v) is 10.0. The van der Waals surface area contributed by atoms with Gasteiger partial charge in [0.2, 0.25) is 0 Å². The minimum atomic E-state index is 0.116. The lowest BCUT2D eigenvalue weighted by Crippen LogP contribution is -1.85. The van der Waals surface area contributed by atoms with E-state index >= 15 is 0 Å². The van der Waals surface area contributed by atoms with Crippen LogP contribution in [0.5, 0.6) is 0 Å². The van der Waals surface area contributed by atoms with E-state index in [4.69, 9.17) is 11.8 Å². The van der Waals surface area contributed by atoms with E-state index in [0.29, 0.717) is 0 Å². The van der Waals surface area contributed by atoms with Gasteiger partial charge in [0, 0.05) is 18.1 Å². The van der Waals surface area contributed by atoms with Crippen molar-refractivity contribution in [1.82, 2.24) is 4.57 Å². The van der Waals surface area contributed by atoms with E-state index in [2.05, 4.69) is 4.85 Å². The molecule has 0 radical (unpaired) electrons. The maximum Gasteiger partial charge on any atom is 0.263 e. The summed E-state index contributed by atoms with van der Waals surface area (Å²) in [6.45, 7) is 6.82. The summed E-state index contributed by atoms with van der Waals surface area (Å²) in [5.41, 5.74) is 1.25. The topological polar surface area (TPSA) is 33.1 Å². The molecule has 0 unspecified atom stereocenters. The molecule has 17 heavy (non-hydrogen) atoms. The molecule has 2 rings (SSSR count). The fourth-order valence-electron chi connectivity index (χ4n) is 1.51. The van der Waals surface area contributed by atoms with Crippen LogP contribution >= 0.6 is 11.3 Å². The molecule has 0 fully saturated rings. The monoisotopic (exact) mass is 239 g/mol. The van der Waals surface area contributed by atoms with E-state index in [1.54, 1.807) is 17.4 Å². The van der Waals surface area contributed by atoms with Crippen molar-refractivity contribution in [3.05, 3.63) is 52.5 Å². The van der Waals surface area contributed by atoms with Gasteiger partial charge in [0.05, 0.1) is 23.2 Å². The predicted molar refractivity (Wildman–Crippen MR) is 68.9 cm³/mol. The Balaban J connectivity index is 2.36. The van der Waals surface area contributed by atoms with E-state index in [0.717, 1.165) is 15.4 Å². The SMILES string of the molecule is [C-]#[N+]/C(C#N)=C\c1ccc(-c2cccn2C)s1. The zero-order chi connectivity index (χ0) is 12.3. The minimum absolute atomic E-state index is 0.116. The summed E-state index contributed by atoms with van der Waals surface area (Å²) in [7, 11) is 1.99. The average Bonchev–Trinajstić information content (AvgIpc) is 2.94. The van der Waals surface area contributed by atoms with Gasteiger partial charge in [-0.2, -0.15) is 0 Å². The van der Waals surface area contributed by atoms with Gasteiger partial charge in [-0.05, 0) is 30.3 Å². The van der Waals surface area contributed by atoms with Crippen molar-refractivity contribution in [3.63, 3.8) is 0 Å². The molecule has 3 nitrogen and oxygen atoms in total. The molecule has 0 aliphatic rings. The quantitative estimate of drug-likeness (QED) is 0.583. The normalized spacial score (nSPS) is 10.9. The lowest BCUT2D eigenvalue weighted by Gasteiger charge is -1.98. The highest BCUT2D eigenvalue weighted by atomic mass is 32.1. The molecule has 0 aliphatic carbocycles. The summed E-state index contributed by atoms with van der Waals surface area (Å²) in [5, 5.41) is 8.69. The molecule has 0 atom stereocenters. The Kier molecular flexibility index (Phi) is 3.09. The summed E-state index contributed by atoms with van der Waals surface area (Å²) in [6, 6.07) is 9.83. The molecule has 4 heteroatoms. The standard InChI is InChI=1S/C13H9N3S/c1-15-10(9-14)8-11-5-6-13(17-11)12-4-3-7-16(12)2/h3-8H,2H3/b10-8-. The van der Waals surface area contributed by atoms with Crippen LogP contribution in [0.3, 0.4) is 0 Å². The minimum Gasteiger partial charge on any atom is -0.350 e. The molecule has 0 aliphatic heterocycles. The molecular weight excluding hydrogens is 230 g/mol. The van der Waals surface area contributed by atoms with Gasteiger partial charge < -0.3 is 4.57 Å². The number of aryl methyl sites for hydroxylation is 1. The largest absolute Gasteiger partial charge is 0.350 e. The Morgan fingerprint density at radius 3 is 2.94 bits per heavy atom. The van der Waals surface area contributed by atoms with Crippen LogP contribution in [0.4, 0.5) is 0 Å². The summed E-state index contributed by atoms with van der Waals surface area (Å²) in [5.74, 6) is 0. The third-order valence-electron chi connectivity index (χ3n) is 2.34. The zero-order valence-electron chi connectivity index (χ0n) is 9.21. The van der Waals surface area contributed by atoms with Gasteiger partial charge in [0.1, 0.15) is 0 Å². The molecule has 0 saturated heterocycles. The maximum absolute atomic E-state index is 8.69. The van der Waals surface area contributed by atoms with E-state index in [9.17, 15) is 0 Å². The van der Waals surface area contributed by atoms with Crippen molar-refractivity contribution < 1.29 is 0 Å². The van der Waals surface area contributed by atoms with Crippen molar-refractivity contribution >= 4 is 17.4 Å². The van der Waals surface area contributed by atoms with Crippen molar-refractivity contribution in [2.24, 2.45) is 7.05 Å². The van der Waals surface area contributed by atoms with E-state index in [-0.39, 0.29) is 5.70 Å². The van der Waals surface area contributed by atoms with Crippen molar-refractivity contribution in [2.75, 3.05) is 0 Å². The Morgan fingerprint density at radius 1 is 1.53 bits per heavy atom. The van der Waals surface area contributed by atoms with Crippen molar-refractivity contribution in [1.29, 1.82) is 5.26 Å². The van der Waals surface area contributed by atoms with Crippen LogP contribution in [0.25, 0.3) is 21.5 Å². The summed E-state index contributed by atoms with van der Waals surface area (Å²) in [6.07, 6.45) is 3.61. The van der Waals surface area contributed by atoms with Crippen LogP contribution in [0.1, 0.15) is 4.88 Å². The molecule has 82 valence electrons. The number of hydrogen-bond donors (Lipinski definition) is 0. The molecule has 0 bridgehead atoms. The van der Waals surface area contributed by atoms with Gasteiger partial charge in [-0.15, -0.1) is 11.3 Å². The highest BCUT2D eigenvalue weighted by molar-refractivity contribution is 7.16. The van der Waals surface area contributed by atoms with Crippen molar-refractivity contribution in [3.8, 4) is 16.6 Å². The van der Waals surface area contributed by atoms with Gasteiger partial charge in [0.25, 0.3) is 5.70 Å². The van der Waals surface area contributed by atoms with Crippen LogP contribution in [0.15, 0.2) is 36.2 Å². The van der Waals surface area contributed by atoms with Crippen LogP contribution in [0, 0.1) is 17.9 Å². The van der Waals surface area contributed by atoms with E-state index < -0.39 is 0 Å². The Bertz CT molecular complexity index is 631. The van der Waals surface area contributed by atoms with E-state index in [1.807, 2.05) is 48.1 Å². The fourth-order valence-corrected chi connectivity index (χ4v) is 2.52.